The molecule has 0 radical (unpaired) electrons. The number of ether oxygens (including phenoxy) is 1. The molecule has 3 aromatic rings. The van der Waals surface area contributed by atoms with Gasteiger partial charge < -0.3 is 15.4 Å². The van der Waals surface area contributed by atoms with E-state index in [0.29, 0.717) is 23.0 Å². The van der Waals surface area contributed by atoms with Crippen molar-refractivity contribution in [2.24, 2.45) is 0 Å². The maximum absolute atomic E-state index is 12.5. The number of halogens is 1. The standard InChI is InChI=1S/C23H25BrN4O2S2/c1-14-8-10-15(11-9-14)12-28-13-17(24)20(27-28)25-23(31)26-21-19(22(29)30-2)16-6-4-3-5-7-18(16)32-21/h8-11,13H,3-7,12H2,1-2H3,(H2,25,26,27,31). The third kappa shape index (κ3) is 5.22. The predicted molar refractivity (Wildman–Crippen MR) is 137 cm³/mol. The van der Waals surface area contributed by atoms with E-state index in [4.69, 9.17) is 17.0 Å². The molecule has 1 aliphatic carbocycles. The number of methoxy groups -OCH3 is 1. The Morgan fingerprint density at radius 3 is 2.72 bits per heavy atom. The molecule has 0 atom stereocenters. The van der Waals surface area contributed by atoms with Crippen molar-refractivity contribution in [2.75, 3.05) is 17.7 Å². The second-order valence-electron chi connectivity index (χ2n) is 7.85. The fourth-order valence-electron chi connectivity index (χ4n) is 3.83. The SMILES string of the molecule is COC(=O)c1c(NC(=S)Nc2nn(Cc3ccc(C)cc3)cc2Br)sc2c1CCCCC2. The number of carbonyl (C=O) groups excluding carboxylic acids is 1. The summed E-state index contributed by atoms with van der Waals surface area (Å²) >= 11 is 10.7. The van der Waals surface area contributed by atoms with Crippen LogP contribution in [0.25, 0.3) is 0 Å². The van der Waals surface area contributed by atoms with Crippen LogP contribution in [-0.4, -0.2) is 28.0 Å². The van der Waals surface area contributed by atoms with Crippen LogP contribution in [0.2, 0.25) is 0 Å². The Hall–Kier alpha value is -2.23. The third-order valence-corrected chi connectivity index (χ3v) is 7.44. The van der Waals surface area contributed by atoms with Crippen LogP contribution in [0.1, 0.15) is 51.2 Å². The molecule has 0 amide bonds. The summed E-state index contributed by atoms with van der Waals surface area (Å²) in [4.78, 5) is 13.8. The molecule has 0 fully saturated rings. The van der Waals surface area contributed by atoms with Gasteiger partial charge in [0.15, 0.2) is 10.9 Å². The van der Waals surface area contributed by atoms with Gasteiger partial charge in [-0.1, -0.05) is 36.2 Å². The van der Waals surface area contributed by atoms with E-state index < -0.39 is 0 Å². The molecule has 9 heteroatoms. The predicted octanol–water partition coefficient (Wildman–Crippen LogP) is 5.93. The van der Waals surface area contributed by atoms with Gasteiger partial charge in [0.05, 0.1) is 23.7 Å². The van der Waals surface area contributed by atoms with E-state index >= 15 is 0 Å². The quantitative estimate of drug-likeness (QED) is 0.241. The van der Waals surface area contributed by atoms with Crippen molar-refractivity contribution in [3.8, 4) is 0 Å². The number of benzene rings is 1. The summed E-state index contributed by atoms with van der Waals surface area (Å²) in [5.41, 5.74) is 4.11. The zero-order valence-corrected chi connectivity index (χ0v) is 21.3. The molecule has 32 heavy (non-hydrogen) atoms. The van der Waals surface area contributed by atoms with Crippen LogP contribution < -0.4 is 10.6 Å². The van der Waals surface area contributed by atoms with Gasteiger partial charge in [-0.2, -0.15) is 5.10 Å². The lowest BCUT2D eigenvalue weighted by atomic mass is 10.1. The van der Waals surface area contributed by atoms with E-state index in [0.717, 1.165) is 40.7 Å². The van der Waals surface area contributed by atoms with Crippen molar-refractivity contribution in [3.05, 3.63) is 62.1 Å². The Morgan fingerprint density at radius 2 is 1.97 bits per heavy atom. The number of esters is 1. The van der Waals surface area contributed by atoms with Crippen molar-refractivity contribution in [1.82, 2.24) is 9.78 Å². The van der Waals surface area contributed by atoms with Crippen LogP contribution in [0.3, 0.4) is 0 Å². The highest BCUT2D eigenvalue weighted by Gasteiger charge is 2.26. The van der Waals surface area contributed by atoms with Crippen LogP contribution >= 0.6 is 39.5 Å². The summed E-state index contributed by atoms with van der Waals surface area (Å²) in [6.45, 7) is 2.73. The van der Waals surface area contributed by atoms with Gasteiger partial charge in [-0.15, -0.1) is 11.3 Å². The number of rotatable bonds is 5. The Morgan fingerprint density at radius 1 is 1.22 bits per heavy atom. The number of aryl methyl sites for hydroxylation is 2. The molecule has 6 nitrogen and oxygen atoms in total. The number of nitrogens with zero attached hydrogens (tertiary/aromatic N) is 2. The summed E-state index contributed by atoms with van der Waals surface area (Å²) < 4.78 is 7.73. The first kappa shape index (κ1) is 22.9. The minimum absolute atomic E-state index is 0.321. The molecule has 168 valence electrons. The van der Waals surface area contributed by atoms with Crippen LogP contribution in [-0.2, 0) is 24.1 Å². The molecule has 2 aromatic heterocycles. The number of nitrogens with one attached hydrogen (secondary N) is 2. The summed E-state index contributed by atoms with van der Waals surface area (Å²) in [6.07, 6.45) is 7.21. The topological polar surface area (TPSA) is 68.2 Å². The average molecular weight is 534 g/mol. The second kappa shape index (κ2) is 10.1. The molecule has 0 spiro atoms. The normalized spacial score (nSPS) is 13.2. The first-order valence-corrected chi connectivity index (χ1v) is 12.6. The minimum Gasteiger partial charge on any atom is -0.465 e. The molecule has 2 N–H and O–H groups in total. The smallest absolute Gasteiger partial charge is 0.341 e. The Bertz CT molecular complexity index is 1140. The average Bonchev–Trinajstić information content (AvgIpc) is 3.18. The summed E-state index contributed by atoms with van der Waals surface area (Å²) in [7, 11) is 1.42. The molecular formula is C23H25BrN4O2S2. The van der Waals surface area contributed by atoms with Crippen LogP contribution in [0, 0.1) is 6.92 Å². The van der Waals surface area contributed by atoms with Gasteiger partial charge in [-0.25, -0.2) is 4.79 Å². The van der Waals surface area contributed by atoms with E-state index in [-0.39, 0.29) is 5.97 Å². The van der Waals surface area contributed by atoms with Crippen LogP contribution in [0.4, 0.5) is 10.8 Å². The Labute approximate surface area is 205 Å². The van der Waals surface area contributed by atoms with Gasteiger partial charge in [-0.3, -0.25) is 4.68 Å². The van der Waals surface area contributed by atoms with Gasteiger partial charge in [0.1, 0.15) is 5.00 Å². The highest BCUT2D eigenvalue weighted by Crippen LogP contribution is 2.38. The van der Waals surface area contributed by atoms with Crippen molar-refractivity contribution >= 4 is 61.4 Å². The number of hydrogen-bond acceptors (Lipinski definition) is 5. The van der Waals surface area contributed by atoms with E-state index in [9.17, 15) is 4.79 Å². The lowest BCUT2D eigenvalue weighted by molar-refractivity contribution is 0.0601. The van der Waals surface area contributed by atoms with Crippen molar-refractivity contribution in [3.63, 3.8) is 0 Å². The maximum Gasteiger partial charge on any atom is 0.341 e. The number of fused-ring (bicyclic) bond motifs is 1. The van der Waals surface area contributed by atoms with Gasteiger partial charge in [0.25, 0.3) is 0 Å². The molecular weight excluding hydrogens is 508 g/mol. The first-order valence-electron chi connectivity index (χ1n) is 10.5. The molecule has 0 unspecified atom stereocenters. The number of aromatic nitrogens is 2. The largest absolute Gasteiger partial charge is 0.465 e. The highest BCUT2D eigenvalue weighted by molar-refractivity contribution is 9.10. The van der Waals surface area contributed by atoms with Gasteiger partial charge in [-0.05, 0) is 71.9 Å². The Balaban J connectivity index is 1.49. The molecule has 0 aliphatic heterocycles. The Kier molecular flexibility index (Phi) is 7.27. The zero-order chi connectivity index (χ0) is 22.7. The lowest BCUT2D eigenvalue weighted by Gasteiger charge is -2.10. The molecule has 2 heterocycles. The van der Waals surface area contributed by atoms with Gasteiger partial charge in [0.2, 0.25) is 0 Å². The van der Waals surface area contributed by atoms with Crippen molar-refractivity contribution in [2.45, 2.75) is 45.6 Å². The first-order chi connectivity index (χ1) is 15.4. The van der Waals surface area contributed by atoms with E-state index in [1.165, 1.54) is 29.5 Å². The molecule has 1 aliphatic rings. The summed E-state index contributed by atoms with van der Waals surface area (Å²) in [5.74, 6) is 0.297. The molecule has 0 saturated heterocycles. The summed E-state index contributed by atoms with van der Waals surface area (Å²) in [6, 6.07) is 8.37. The van der Waals surface area contributed by atoms with Crippen molar-refractivity contribution in [1.29, 1.82) is 0 Å². The number of carbonyl (C=O) groups is 1. The number of thiophene rings is 1. The van der Waals surface area contributed by atoms with Crippen LogP contribution in [0.5, 0.6) is 0 Å². The number of anilines is 2. The fraction of sp³-hybridized carbons (Fsp3) is 0.348. The molecule has 1 aromatic carbocycles. The van der Waals surface area contributed by atoms with E-state index in [2.05, 4.69) is 62.9 Å². The van der Waals surface area contributed by atoms with E-state index in [1.807, 2.05) is 10.9 Å². The zero-order valence-electron chi connectivity index (χ0n) is 18.0. The number of hydrogen-bond donors (Lipinski definition) is 2. The summed E-state index contributed by atoms with van der Waals surface area (Å²) in [5, 5.41) is 12.1. The second-order valence-corrected chi connectivity index (χ2v) is 10.2. The van der Waals surface area contributed by atoms with E-state index in [1.54, 1.807) is 11.3 Å². The maximum atomic E-state index is 12.5. The molecule has 0 bridgehead atoms. The van der Waals surface area contributed by atoms with Crippen molar-refractivity contribution < 1.29 is 9.53 Å². The molecule has 4 rings (SSSR count). The van der Waals surface area contributed by atoms with Crippen LogP contribution in [0.15, 0.2) is 34.9 Å². The fourth-order valence-corrected chi connectivity index (χ4v) is 5.79. The highest BCUT2D eigenvalue weighted by atomic mass is 79.9. The molecule has 0 saturated carbocycles. The minimum atomic E-state index is -0.321. The third-order valence-electron chi connectivity index (χ3n) is 5.45. The van der Waals surface area contributed by atoms with Gasteiger partial charge in [0, 0.05) is 11.1 Å². The number of thiocarbonyl (C=S) groups is 1. The monoisotopic (exact) mass is 532 g/mol. The van der Waals surface area contributed by atoms with Gasteiger partial charge >= 0.3 is 5.97 Å². The lowest BCUT2D eigenvalue weighted by Crippen LogP contribution is -2.21.